The van der Waals surface area contributed by atoms with E-state index in [4.69, 9.17) is 0 Å². The minimum atomic E-state index is -0.172. The number of aliphatic hydroxyl groups is 1. The lowest BCUT2D eigenvalue weighted by atomic mass is 10.1. The third-order valence-corrected chi connectivity index (χ3v) is 4.85. The highest BCUT2D eigenvalue weighted by Gasteiger charge is 2.20. The third kappa shape index (κ3) is 3.59. The average molecular weight is 333 g/mol. The molecule has 4 rings (SSSR count). The summed E-state index contributed by atoms with van der Waals surface area (Å²) in [5.41, 5.74) is 2.30. The standard InChI is InChI=1S/C21H23N3O/c25-19-9-12-24(13-10-19)21-20(6-3-11-22-21)23-15-16-7-8-17-4-1-2-5-18(17)14-16/h1-8,11,14,19,23,25H,9-10,12-13,15H2. The van der Waals surface area contributed by atoms with Crippen LogP contribution in [0.1, 0.15) is 18.4 Å². The largest absolute Gasteiger partial charge is 0.393 e. The molecule has 4 heteroatoms. The van der Waals surface area contributed by atoms with Crippen LogP contribution in [0.2, 0.25) is 0 Å². The second-order valence-corrected chi connectivity index (χ2v) is 6.63. The van der Waals surface area contributed by atoms with E-state index in [0.717, 1.165) is 44.0 Å². The van der Waals surface area contributed by atoms with Gasteiger partial charge in [0, 0.05) is 25.8 Å². The normalized spacial score (nSPS) is 15.5. The van der Waals surface area contributed by atoms with Crippen LogP contribution < -0.4 is 10.2 Å². The van der Waals surface area contributed by atoms with Crippen LogP contribution in [-0.2, 0) is 6.54 Å². The highest BCUT2D eigenvalue weighted by atomic mass is 16.3. The van der Waals surface area contributed by atoms with Crippen LogP contribution in [0, 0.1) is 0 Å². The third-order valence-electron chi connectivity index (χ3n) is 4.85. The lowest BCUT2D eigenvalue weighted by Gasteiger charge is -2.31. The Kier molecular flexibility index (Phi) is 4.53. The second kappa shape index (κ2) is 7.11. The molecular weight excluding hydrogens is 310 g/mol. The van der Waals surface area contributed by atoms with Crippen LogP contribution in [0.3, 0.4) is 0 Å². The maximum Gasteiger partial charge on any atom is 0.151 e. The van der Waals surface area contributed by atoms with Crippen molar-refractivity contribution < 1.29 is 5.11 Å². The fraction of sp³-hybridized carbons (Fsp3) is 0.286. The first kappa shape index (κ1) is 15.9. The Bertz CT molecular complexity index is 856. The van der Waals surface area contributed by atoms with Gasteiger partial charge in [-0.1, -0.05) is 36.4 Å². The van der Waals surface area contributed by atoms with Gasteiger partial charge in [0.25, 0.3) is 0 Å². The van der Waals surface area contributed by atoms with Crippen LogP contribution in [0.5, 0.6) is 0 Å². The molecule has 1 aromatic heterocycles. The molecule has 0 unspecified atom stereocenters. The molecule has 0 saturated carbocycles. The van der Waals surface area contributed by atoms with Crippen LogP contribution in [-0.4, -0.2) is 29.3 Å². The Labute approximate surface area is 148 Å². The summed E-state index contributed by atoms with van der Waals surface area (Å²) in [5, 5.41) is 15.8. The van der Waals surface area contributed by atoms with E-state index in [-0.39, 0.29) is 6.10 Å². The number of aliphatic hydroxyl groups excluding tert-OH is 1. The predicted molar refractivity (Wildman–Crippen MR) is 103 cm³/mol. The smallest absolute Gasteiger partial charge is 0.151 e. The molecule has 0 radical (unpaired) electrons. The van der Waals surface area contributed by atoms with Gasteiger partial charge in [0.2, 0.25) is 0 Å². The first-order chi connectivity index (χ1) is 12.3. The fourth-order valence-electron chi connectivity index (χ4n) is 3.41. The van der Waals surface area contributed by atoms with Crippen molar-refractivity contribution in [3.05, 3.63) is 66.4 Å². The first-order valence-corrected chi connectivity index (χ1v) is 8.89. The maximum absolute atomic E-state index is 9.72. The van der Waals surface area contributed by atoms with E-state index in [1.165, 1.54) is 16.3 Å². The van der Waals surface area contributed by atoms with Crippen molar-refractivity contribution >= 4 is 22.3 Å². The zero-order valence-electron chi connectivity index (χ0n) is 14.2. The minimum absolute atomic E-state index is 0.172. The van der Waals surface area contributed by atoms with Crippen molar-refractivity contribution in [2.75, 3.05) is 23.3 Å². The van der Waals surface area contributed by atoms with Gasteiger partial charge in [-0.2, -0.15) is 0 Å². The summed E-state index contributed by atoms with van der Waals surface area (Å²) < 4.78 is 0. The van der Waals surface area contributed by atoms with E-state index in [1.807, 2.05) is 12.3 Å². The van der Waals surface area contributed by atoms with Crippen molar-refractivity contribution in [1.82, 2.24) is 4.98 Å². The highest BCUT2D eigenvalue weighted by Crippen LogP contribution is 2.26. The monoisotopic (exact) mass is 333 g/mol. The Morgan fingerprint density at radius 2 is 1.80 bits per heavy atom. The summed E-state index contributed by atoms with van der Waals surface area (Å²) in [7, 11) is 0. The van der Waals surface area contributed by atoms with Gasteiger partial charge >= 0.3 is 0 Å². The summed E-state index contributed by atoms with van der Waals surface area (Å²) in [5.74, 6) is 0.982. The number of nitrogens with one attached hydrogen (secondary N) is 1. The van der Waals surface area contributed by atoms with Gasteiger partial charge in [-0.15, -0.1) is 0 Å². The topological polar surface area (TPSA) is 48.4 Å². The predicted octanol–water partition coefficient (Wildman–Crippen LogP) is 3.81. The summed E-state index contributed by atoms with van der Waals surface area (Å²) in [6.45, 7) is 2.46. The molecule has 1 aliphatic heterocycles. The average Bonchev–Trinajstić information content (AvgIpc) is 2.67. The van der Waals surface area contributed by atoms with Crippen molar-refractivity contribution in [3.63, 3.8) is 0 Å². The number of rotatable bonds is 4. The number of hydrogen-bond donors (Lipinski definition) is 2. The van der Waals surface area contributed by atoms with E-state index in [2.05, 4.69) is 63.7 Å². The molecule has 1 fully saturated rings. The first-order valence-electron chi connectivity index (χ1n) is 8.89. The number of aromatic nitrogens is 1. The Morgan fingerprint density at radius 1 is 1.00 bits per heavy atom. The molecule has 3 aromatic rings. The molecule has 1 aliphatic rings. The molecule has 0 bridgehead atoms. The van der Waals surface area contributed by atoms with E-state index < -0.39 is 0 Å². The number of pyridine rings is 1. The number of benzene rings is 2. The molecule has 128 valence electrons. The van der Waals surface area contributed by atoms with Crippen molar-refractivity contribution in [2.45, 2.75) is 25.5 Å². The van der Waals surface area contributed by atoms with Crippen LogP contribution in [0.4, 0.5) is 11.5 Å². The SMILES string of the molecule is OC1CCN(c2ncccc2NCc2ccc3ccccc3c2)CC1. The number of nitrogens with zero attached hydrogens (tertiary/aromatic N) is 2. The molecule has 25 heavy (non-hydrogen) atoms. The lowest BCUT2D eigenvalue weighted by molar-refractivity contribution is 0.145. The quantitative estimate of drug-likeness (QED) is 0.762. The van der Waals surface area contributed by atoms with Crippen LogP contribution >= 0.6 is 0 Å². The maximum atomic E-state index is 9.72. The van der Waals surface area contributed by atoms with Gasteiger partial charge in [-0.3, -0.25) is 0 Å². The molecule has 2 heterocycles. The van der Waals surface area contributed by atoms with Crippen LogP contribution in [0.15, 0.2) is 60.8 Å². The highest BCUT2D eigenvalue weighted by molar-refractivity contribution is 5.83. The molecule has 0 spiro atoms. The summed E-state index contributed by atoms with van der Waals surface area (Å²) in [4.78, 5) is 6.83. The second-order valence-electron chi connectivity index (χ2n) is 6.63. The van der Waals surface area contributed by atoms with Crippen molar-refractivity contribution in [2.24, 2.45) is 0 Å². The summed E-state index contributed by atoms with van der Waals surface area (Å²) in [6.07, 6.45) is 3.28. The number of hydrogen-bond acceptors (Lipinski definition) is 4. The van der Waals surface area contributed by atoms with Gasteiger partial charge in [0.1, 0.15) is 0 Å². The van der Waals surface area contributed by atoms with E-state index in [0.29, 0.717) is 0 Å². The molecule has 0 amide bonds. The van der Waals surface area contributed by atoms with Gasteiger partial charge in [-0.05, 0) is 47.4 Å². The molecular formula is C21H23N3O. The van der Waals surface area contributed by atoms with E-state index in [1.54, 1.807) is 0 Å². The van der Waals surface area contributed by atoms with E-state index in [9.17, 15) is 5.11 Å². The van der Waals surface area contributed by atoms with E-state index >= 15 is 0 Å². The van der Waals surface area contributed by atoms with Gasteiger partial charge in [-0.25, -0.2) is 4.98 Å². The number of fused-ring (bicyclic) bond motifs is 1. The molecule has 1 saturated heterocycles. The van der Waals surface area contributed by atoms with Gasteiger partial charge < -0.3 is 15.3 Å². The number of piperidine rings is 1. The Balaban J connectivity index is 1.50. The van der Waals surface area contributed by atoms with Gasteiger partial charge in [0.15, 0.2) is 5.82 Å². The Hall–Kier alpha value is -2.59. The molecule has 0 atom stereocenters. The lowest BCUT2D eigenvalue weighted by Crippen LogP contribution is -2.36. The van der Waals surface area contributed by atoms with Crippen molar-refractivity contribution in [1.29, 1.82) is 0 Å². The minimum Gasteiger partial charge on any atom is -0.393 e. The number of anilines is 2. The molecule has 0 aliphatic carbocycles. The van der Waals surface area contributed by atoms with Crippen LogP contribution in [0.25, 0.3) is 10.8 Å². The van der Waals surface area contributed by atoms with Crippen molar-refractivity contribution in [3.8, 4) is 0 Å². The Morgan fingerprint density at radius 3 is 2.64 bits per heavy atom. The molecule has 2 aromatic carbocycles. The summed E-state index contributed by atoms with van der Waals surface area (Å²) >= 11 is 0. The fourth-order valence-corrected chi connectivity index (χ4v) is 3.41. The molecule has 2 N–H and O–H groups in total. The van der Waals surface area contributed by atoms with Gasteiger partial charge in [0.05, 0.1) is 11.8 Å². The molecule has 4 nitrogen and oxygen atoms in total. The summed E-state index contributed by atoms with van der Waals surface area (Å²) in [6, 6.07) is 19.0. The zero-order chi connectivity index (χ0) is 17.1. The zero-order valence-corrected chi connectivity index (χ0v) is 14.2.